The van der Waals surface area contributed by atoms with E-state index in [0.717, 1.165) is 11.8 Å². The summed E-state index contributed by atoms with van der Waals surface area (Å²) in [5, 5.41) is 12.4. The molecule has 13 heteroatoms. The van der Waals surface area contributed by atoms with Crippen molar-refractivity contribution < 1.29 is 33.2 Å². The minimum absolute atomic E-state index is 0.0341. The van der Waals surface area contributed by atoms with Crippen molar-refractivity contribution in [1.82, 2.24) is 15.2 Å². The topological polar surface area (TPSA) is 123 Å². The fraction of sp³-hybridized carbons (Fsp3) is 0.241. The fourth-order valence-corrected chi connectivity index (χ4v) is 4.87. The van der Waals surface area contributed by atoms with E-state index >= 15 is 0 Å². The molecule has 1 aromatic heterocycles. The van der Waals surface area contributed by atoms with Crippen LogP contribution in [0.1, 0.15) is 0 Å². The van der Waals surface area contributed by atoms with Crippen LogP contribution in [0.5, 0.6) is 34.5 Å². The Labute approximate surface area is 252 Å². The SMILES string of the molecule is COc1cc(-c2nnc(SCC(=O)Nc3cccc(Cl)c3)nc2-c2cc(OC)c(OC)c(OC)c2)cc(OC)c1OC. The Morgan fingerprint density at radius 1 is 0.738 bits per heavy atom. The first-order valence-electron chi connectivity index (χ1n) is 12.4. The number of methoxy groups -OCH3 is 6. The number of ether oxygens (including phenoxy) is 6. The van der Waals surface area contributed by atoms with Crippen molar-refractivity contribution in [1.29, 1.82) is 0 Å². The zero-order valence-corrected chi connectivity index (χ0v) is 25.4. The van der Waals surface area contributed by atoms with Gasteiger partial charge in [0.1, 0.15) is 11.4 Å². The van der Waals surface area contributed by atoms with E-state index in [9.17, 15) is 4.79 Å². The largest absolute Gasteiger partial charge is 0.493 e. The molecule has 0 spiro atoms. The fourth-order valence-electron chi connectivity index (χ4n) is 4.10. The molecule has 1 amide bonds. The summed E-state index contributed by atoms with van der Waals surface area (Å²) in [7, 11) is 9.16. The second-order valence-corrected chi connectivity index (χ2v) is 9.85. The number of thioether (sulfide) groups is 1. The van der Waals surface area contributed by atoms with Crippen LogP contribution < -0.4 is 33.7 Å². The summed E-state index contributed by atoms with van der Waals surface area (Å²) < 4.78 is 33.2. The number of amides is 1. The lowest BCUT2D eigenvalue weighted by atomic mass is 10.0. The molecule has 11 nitrogen and oxygen atoms in total. The summed E-state index contributed by atoms with van der Waals surface area (Å²) in [4.78, 5) is 17.4. The number of carbonyl (C=O) groups is 1. The van der Waals surface area contributed by atoms with Crippen LogP contribution in [0.15, 0.2) is 53.7 Å². The van der Waals surface area contributed by atoms with Gasteiger partial charge in [-0.15, -0.1) is 10.2 Å². The van der Waals surface area contributed by atoms with E-state index in [-0.39, 0.29) is 16.8 Å². The van der Waals surface area contributed by atoms with Crippen LogP contribution in [0, 0.1) is 0 Å². The molecule has 0 fully saturated rings. The zero-order chi connectivity index (χ0) is 30.2. The van der Waals surface area contributed by atoms with Crippen molar-refractivity contribution in [3.05, 3.63) is 53.6 Å². The van der Waals surface area contributed by atoms with E-state index in [1.165, 1.54) is 42.7 Å². The minimum Gasteiger partial charge on any atom is -0.493 e. The van der Waals surface area contributed by atoms with E-state index in [1.54, 1.807) is 48.5 Å². The molecule has 0 atom stereocenters. The Morgan fingerprint density at radius 3 is 1.74 bits per heavy atom. The van der Waals surface area contributed by atoms with Gasteiger partial charge in [-0.25, -0.2) is 4.98 Å². The van der Waals surface area contributed by atoms with Crippen molar-refractivity contribution in [3.8, 4) is 57.0 Å². The highest BCUT2D eigenvalue weighted by molar-refractivity contribution is 7.99. The molecule has 3 aromatic carbocycles. The molecule has 0 aliphatic rings. The Kier molecular flexibility index (Phi) is 10.2. The molecule has 0 saturated carbocycles. The minimum atomic E-state index is -0.256. The Hall–Kier alpha value is -4.42. The van der Waals surface area contributed by atoms with Gasteiger partial charge < -0.3 is 33.7 Å². The molecule has 0 aliphatic carbocycles. The van der Waals surface area contributed by atoms with Crippen molar-refractivity contribution in [3.63, 3.8) is 0 Å². The van der Waals surface area contributed by atoms with Crippen LogP contribution in [0.4, 0.5) is 5.69 Å². The van der Waals surface area contributed by atoms with Gasteiger partial charge in [0, 0.05) is 21.8 Å². The van der Waals surface area contributed by atoms with Gasteiger partial charge in [-0.05, 0) is 42.5 Å². The van der Waals surface area contributed by atoms with Gasteiger partial charge in [0.15, 0.2) is 23.0 Å². The van der Waals surface area contributed by atoms with Gasteiger partial charge in [-0.1, -0.05) is 29.4 Å². The van der Waals surface area contributed by atoms with E-state index in [4.69, 9.17) is 45.0 Å². The maximum atomic E-state index is 12.6. The molecule has 0 radical (unpaired) electrons. The second kappa shape index (κ2) is 14.0. The molecule has 0 bridgehead atoms. The molecule has 42 heavy (non-hydrogen) atoms. The predicted molar refractivity (Wildman–Crippen MR) is 161 cm³/mol. The summed E-state index contributed by atoms with van der Waals surface area (Å²) in [5.41, 5.74) is 2.65. The highest BCUT2D eigenvalue weighted by Gasteiger charge is 2.22. The monoisotopic (exact) mass is 612 g/mol. The third-order valence-electron chi connectivity index (χ3n) is 5.98. The number of halogens is 1. The standard InChI is InChI=1S/C29H29ClN4O7S/c1-36-20-10-16(11-21(37-2)27(20)40-5)25-26(17-12-22(38-3)28(41-6)23(13-17)39-4)33-34-29(32-25)42-15-24(35)31-19-9-7-8-18(30)14-19/h7-14H,15H2,1-6H3,(H,31,35). The van der Waals surface area contributed by atoms with Crippen LogP contribution in [-0.4, -0.2) is 69.5 Å². The molecule has 0 unspecified atom stereocenters. The smallest absolute Gasteiger partial charge is 0.234 e. The molecule has 4 rings (SSSR count). The van der Waals surface area contributed by atoms with Gasteiger partial charge >= 0.3 is 0 Å². The van der Waals surface area contributed by atoms with E-state index in [2.05, 4.69) is 15.5 Å². The van der Waals surface area contributed by atoms with Crippen molar-refractivity contribution in [2.24, 2.45) is 0 Å². The Bertz CT molecular complexity index is 1540. The quantitative estimate of drug-likeness (QED) is 0.200. The highest BCUT2D eigenvalue weighted by Crippen LogP contribution is 2.45. The van der Waals surface area contributed by atoms with Crippen LogP contribution in [0.2, 0.25) is 5.02 Å². The number of nitrogens with zero attached hydrogens (tertiary/aromatic N) is 3. The number of carbonyl (C=O) groups excluding carboxylic acids is 1. The molecular weight excluding hydrogens is 584 g/mol. The van der Waals surface area contributed by atoms with Crippen LogP contribution in [-0.2, 0) is 4.79 Å². The number of hydrogen-bond acceptors (Lipinski definition) is 11. The van der Waals surface area contributed by atoms with Crippen LogP contribution in [0.25, 0.3) is 22.5 Å². The zero-order valence-electron chi connectivity index (χ0n) is 23.8. The molecular formula is C29H29ClN4O7S. The lowest BCUT2D eigenvalue weighted by Gasteiger charge is -2.17. The number of anilines is 1. The maximum Gasteiger partial charge on any atom is 0.234 e. The average Bonchev–Trinajstić information content (AvgIpc) is 3.02. The molecule has 0 aliphatic heterocycles. The Balaban J connectivity index is 1.79. The third kappa shape index (κ3) is 6.72. The summed E-state index contributed by atoms with van der Waals surface area (Å²) in [6.07, 6.45) is 0. The van der Waals surface area contributed by atoms with Crippen molar-refractivity contribution >= 4 is 35.0 Å². The van der Waals surface area contributed by atoms with E-state index in [1.807, 2.05) is 0 Å². The molecule has 4 aromatic rings. The van der Waals surface area contributed by atoms with Gasteiger partial charge in [-0.2, -0.15) is 0 Å². The summed E-state index contributed by atoms with van der Waals surface area (Å²) in [5.74, 6) is 2.35. The molecule has 1 N–H and O–H groups in total. The average molecular weight is 613 g/mol. The molecule has 0 saturated heterocycles. The first-order valence-corrected chi connectivity index (χ1v) is 13.8. The van der Waals surface area contributed by atoms with E-state index < -0.39 is 0 Å². The molecule has 220 valence electrons. The van der Waals surface area contributed by atoms with Crippen molar-refractivity contribution in [2.75, 3.05) is 53.7 Å². The van der Waals surface area contributed by atoms with Gasteiger partial charge in [0.25, 0.3) is 0 Å². The summed E-state index contributed by atoms with van der Waals surface area (Å²) in [6, 6.07) is 13.9. The maximum absolute atomic E-state index is 12.6. The predicted octanol–water partition coefficient (Wildman–Crippen LogP) is 5.64. The van der Waals surface area contributed by atoms with Crippen LogP contribution >= 0.6 is 23.4 Å². The lowest BCUT2D eigenvalue weighted by molar-refractivity contribution is -0.113. The van der Waals surface area contributed by atoms with Gasteiger partial charge in [0.2, 0.25) is 22.6 Å². The number of nitrogens with one attached hydrogen (secondary N) is 1. The third-order valence-corrected chi connectivity index (χ3v) is 7.06. The number of benzene rings is 3. The van der Waals surface area contributed by atoms with E-state index in [0.29, 0.717) is 67.7 Å². The first-order chi connectivity index (χ1) is 20.3. The molecule has 1 heterocycles. The lowest BCUT2D eigenvalue weighted by Crippen LogP contribution is -2.14. The highest BCUT2D eigenvalue weighted by atomic mass is 35.5. The van der Waals surface area contributed by atoms with Gasteiger partial charge in [-0.3, -0.25) is 4.79 Å². The van der Waals surface area contributed by atoms with Gasteiger partial charge in [0.05, 0.1) is 48.4 Å². The number of rotatable bonds is 12. The number of hydrogen-bond donors (Lipinski definition) is 1. The Morgan fingerprint density at radius 2 is 1.26 bits per heavy atom. The first kappa shape index (κ1) is 30.5. The number of aromatic nitrogens is 3. The normalized spacial score (nSPS) is 10.5. The second-order valence-electron chi connectivity index (χ2n) is 8.47. The van der Waals surface area contributed by atoms with Crippen molar-refractivity contribution in [2.45, 2.75) is 5.16 Å². The summed E-state index contributed by atoms with van der Waals surface area (Å²) >= 11 is 7.15. The summed E-state index contributed by atoms with van der Waals surface area (Å²) in [6.45, 7) is 0. The van der Waals surface area contributed by atoms with Crippen LogP contribution in [0.3, 0.4) is 0 Å².